The van der Waals surface area contributed by atoms with Crippen molar-refractivity contribution >= 4 is 5.91 Å². The van der Waals surface area contributed by atoms with Crippen LogP contribution in [0.25, 0.3) is 0 Å². The number of ether oxygens (including phenoxy) is 2. The van der Waals surface area contributed by atoms with Gasteiger partial charge in [0.25, 0.3) is 0 Å². The molecule has 0 heterocycles. The number of aryl methyl sites for hydroxylation is 1. The number of nitrogens with one attached hydrogen (secondary N) is 1. The topological polar surface area (TPSA) is 73.6 Å². The molecule has 3 N–H and O–H groups in total. The summed E-state index contributed by atoms with van der Waals surface area (Å²) >= 11 is 0. The number of rotatable bonds is 7. The van der Waals surface area contributed by atoms with Gasteiger partial charge in [0.15, 0.2) is 0 Å². The number of benzene rings is 1. The van der Waals surface area contributed by atoms with Crippen LogP contribution >= 0.6 is 0 Å². The first-order valence-electron chi connectivity index (χ1n) is 6.72. The Labute approximate surface area is 120 Å². The van der Waals surface area contributed by atoms with Crippen LogP contribution in [0.15, 0.2) is 18.2 Å². The zero-order valence-electron chi connectivity index (χ0n) is 12.6. The fraction of sp³-hybridized carbons (Fsp3) is 0.533. The van der Waals surface area contributed by atoms with Gasteiger partial charge in [-0.15, -0.1) is 0 Å². The van der Waals surface area contributed by atoms with Gasteiger partial charge < -0.3 is 20.5 Å². The number of carbonyl (C=O) groups excluding carboxylic acids is 1. The fourth-order valence-electron chi connectivity index (χ4n) is 1.74. The molecule has 5 heteroatoms. The minimum atomic E-state index is -0.653. The molecule has 5 nitrogen and oxygen atoms in total. The molecule has 112 valence electrons. The molecule has 0 aliphatic carbocycles. The average molecular weight is 280 g/mol. The fourth-order valence-corrected chi connectivity index (χ4v) is 1.74. The Balaban J connectivity index is 2.69. The number of amides is 1. The molecule has 0 aliphatic heterocycles. The van der Waals surface area contributed by atoms with Gasteiger partial charge in [-0.2, -0.15) is 0 Å². The third-order valence-electron chi connectivity index (χ3n) is 2.72. The molecule has 1 unspecified atom stereocenters. The molecule has 0 aliphatic rings. The zero-order valence-corrected chi connectivity index (χ0v) is 12.6. The van der Waals surface area contributed by atoms with Crippen LogP contribution in [0.2, 0.25) is 0 Å². The van der Waals surface area contributed by atoms with Crippen molar-refractivity contribution in [1.82, 2.24) is 5.32 Å². The van der Waals surface area contributed by atoms with E-state index >= 15 is 0 Å². The normalized spacial score (nSPS) is 12.3. The van der Waals surface area contributed by atoms with Crippen molar-refractivity contribution in [2.45, 2.75) is 39.5 Å². The summed E-state index contributed by atoms with van der Waals surface area (Å²) in [6, 6.07) is 5.26. The number of nitrogens with two attached hydrogens (primary N) is 1. The molecular weight excluding hydrogens is 256 g/mol. The second-order valence-electron chi connectivity index (χ2n) is 5.06. The van der Waals surface area contributed by atoms with Crippen LogP contribution in [-0.4, -0.2) is 31.8 Å². The van der Waals surface area contributed by atoms with E-state index in [0.29, 0.717) is 6.54 Å². The molecule has 0 saturated carbocycles. The molecule has 1 aromatic carbocycles. The van der Waals surface area contributed by atoms with Gasteiger partial charge in [-0.05, 0) is 32.4 Å². The lowest BCUT2D eigenvalue weighted by Gasteiger charge is -2.16. The van der Waals surface area contributed by atoms with E-state index in [2.05, 4.69) is 5.32 Å². The maximum absolute atomic E-state index is 11.7. The smallest absolute Gasteiger partial charge is 0.239 e. The van der Waals surface area contributed by atoms with Gasteiger partial charge in [-0.1, -0.05) is 12.1 Å². The van der Waals surface area contributed by atoms with E-state index in [0.717, 1.165) is 16.9 Å². The standard InChI is InChI=1S/C15H24N2O3/c1-10(2)20-14-7-11(3)5-6-12(14)8-17-15(18)13(16)9-19-4/h5-7,10,13H,8-9,16H2,1-4H3,(H,17,18). The van der Waals surface area contributed by atoms with Gasteiger partial charge in [-0.3, -0.25) is 4.79 Å². The van der Waals surface area contributed by atoms with Gasteiger partial charge in [-0.25, -0.2) is 0 Å². The summed E-state index contributed by atoms with van der Waals surface area (Å²) in [5, 5.41) is 2.79. The molecular formula is C15H24N2O3. The average Bonchev–Trinajstić information content (AvgIpc) is 2.37. The molecule has 20 heavy (non-hydrogen) atoms. The van der Waals surface area contributed by atoms with E-state index in [-0.39, 0.29) is 18.6 Å². The van der Waals surface area contributed by atoms with Crippen molar-refractivity contribution < 1.29 is 14.3 Å². The van der Waals surface area contributed by atoms with Gasteiger partial charge in [0, 0.05) is 19.2 Å². The largest absolute Gasteiger partial charge is 0.491 e. The van der Waals surface area contributed by atoms with Crippen molar-refractivity contribution in [3.63, 3.8) is 0 Å². The number of hydrogen-bond donors (Lipinski definition) is 2. The van der Waals surface area contributed by atoms with E-state index in [1.807, 2.05) is 39.0 Å². The molecule has 1 atom stereocenters. The second kappa shape index (κ2) is 7.87. The summed E-state index contributed by atoms with van der Waals surface area (Å²) in [7, 11) is 1.52. The first-order valence-corrected chi connectivity index (χ1v) is 6.72. The lowest BCUT2D eigenvalue weighted by atomic mass is 10.1. The van der Waals surface area contributed by atoms with Gasteiger partial charge >= 0.3 is 0 Å². The zero-order chi connectivity index (χ0) is 15.1. The van der Waals surface area contributed by atoms with Crippen molar-refractivity contribution in [3.05, 3.63) is 29.3 Å². The van der Waals surface area contributed by atoms with Crippen LogP contribution in [-0.2, 0) is 16.1 Å². The Morgan fingerprint density at radius 1 is 1.40 bits per heavy atom. The number of hydrogen-bond acceptors (Lipinski definition) is 4. The maximum Gasteiger partial charge on any atom is 0.239 e. The predicted molar refractivity (Wildman–Crippen MR) is 78.6 cm³/mol. The molecule has 1 aromatic rings. The minimum Gasteiger partial charge on any atom is -0.491 e. The highest BCUT2D eigenvalue weighted by atomic mass is 16.5. The van der Waals surface area contributed by atoms with E-state index in [9.17, 15) is 4.79 Å². The Bertz CT molecular complexity index is 447. The van der Waals surface area contributed by atoms with Crippen molar-refractivity contribution in [2.75, 3.05) is 13.7 Å². The van der Waals surface area contributed by atoms with Crippen molar-refractivity contribution in [2.24, 2.45) is 5.73 Å². The minimum absolute atomic E-state index is 0.0852. The Morgan fingerprint density at radius 3 is 2.70 bits per heavy atom. The van der Waals surface area contributed by atoms with Crippen LogP contribution in [0.4, 0.5) is 0 Å². The summed E-state index contributed by atoms with van der Waals surface area (Å²) in [5.41, 5.74) is 7.72. The van der Waals surface area contributed by atoms with E-state index in [4.69, 9.17) is 15.2 Å². The number of carbonyl (C=O) groups is 1. The van der Waals surface area contributed by atoms with Gasteiger partial charge in [0.1, 0.15) is 11.8 Å². The van der Waals surface area contributed by atoms with Crippen molar-refractivity contribution in [1.29, 1.82) is 0 Å². The molecule has 1 amide bonds. The van der Waals surface area contributed by atoms with Gasteiger partial charge in [0.2, 0.25) is 5.91 Å². The van der Waals surface area contributed by atoms with E-state index in [1.165, 1.54) is 7.11 Å². The first-order chi connectivity index (χ1) is 9.43. The molecule has 0 bridgehead atoms. The quantitative estimate of drug-likeness (QED) is 0.791. The highest BCUT2D eigenvalue weighted by molar-refractivity contribution is 5.81. The SMILES string of the molecule is COCC(N)C(=O)NCc1ccc(C)cc1OC(C)C. The Hall–Kier alpha value is -1.59. The third kappa shape index (κ3) is 5.19. The monoisotopic (exact) mass is 280 g/mol. The molecule has 0 saturated heterocycles. The van der Waals surface area contributed by atoms with Crippen LogP contribution in [0, 0.1) is 6.92 Å². The van der Waals surface area contributed by atoms with Crippen LogP contribution in [0.3, 0.4) is 0 Å². The molecule has 0 radical (unpaired) electrons. The summed E-state index contributed by atoms with van der Waals surface area (Å²) in [4.78, 5) is 11.7. The summed E-state index contributed by atoms with van der Waals surface area (Å²) in [5.74, 6) is 0.559. The first kappa shape index (κ1) is 16.5. The van der Waals surface area contributed by atoms with E-state index in [1.54, 1.807) is 0 Å². The summed E-state index contributed by atoms with van der Waals surface area (Å²) < 4.78 is 10.6. The molecule has 1 rings (SSSR count). The predicted octanol–water partition coefficient (Wildman–Crippen LogP) is 1.37. The Morgan fingerprint density at radius 2 is 2.10 bits per heavy atom. The molecule has 0 fully saturated rings. The summed E-state index contributed by atoms with van der Waals surface area (Å²) in [6.07, 6.45) is 0.0852. The molecule has 0 spiro atoms. The highest BCUT2D eigenvalue weighted by Gasteiger charge is 2.14. The van der Waals surface area contributed by atoms with Crippen molar-refractivity contribution in [3.8, 4) is 5.75 Å². The van der Waals surface area contributed by atoms with E-state index < -0.39 is 6.04 Å². The van der Waals surface area contributed by atoms with Crippen LogP contribution in [0.5, 0.6) is 5.75 Å². The summed E-state index contributed by atoms with van der Waals surface area (Å²) in [6.45, 7) is 6.54. The lowest BCUT2D eigenvalue weighted by molar-refractivity contribution is -0.123. The number of methoxy groups -OCH3 is 1. The maximum atomic E-state index is 11.7. The lowest BCUT2D eigenvalue weighted by Crippen LogP contribution is -2.43. The Kier molecular flexibility index (Phi) is 6.48. The van der Waals surface area contributed by atoms with Crippen LogP contribution < -0.4 is 15.8 Å². The third-order valence-corrected chi connectivity index (χ3v) is 2.72. The van der Waals surface area contributed by atoms with Gasteiger partial charge in [0.05, 0.1) is 12.7 Å². The highest BCUT2D eigenvalue weighted by Crippen LogP contribution is 2.21. The van der Waals surface area contributed by atoms with Crippen LogP contribution in [0.1, 0.15) is 25.0 Å². The second-order valence-corrected chi connectivity index (χ2v) is 5.06. The molecule has 0 aromatic heterocycles.